The predicted molar refractivity (Wildman–Crippen MR) is 40.6 cm³/mol. The van der Waals surface area contributed by atoms with Crippen LogP contribution in [0.5, 0.6) is 0 Å². The van der Waals surface area contributed by atoms with E-state index in [0.717, 1.165) is 5.56 Å². The largest absolute Gasteiger partial charge is 0.206 e. The summed E-state index contributed by atoms with van der Waals surface area (Å²) in [5.74, 6) is -0.426. The molecule has 0 aliphatic heterocycles. The summed E-state index contributed by atoms with van der Waals surface area (Å²) in [7, 11) is 0. The van der Waals surface area contributed by atoms with Gasteiger partial charge >= 0.3 is 0 Å². The molecule has 1 nitrogen and oxygen atoms in total. The Morgan fingerprint density at radius 3 is 2.45 bits per heavy atom. The number of nitrogens with zero attached hydrogens (tertiary/aromatic N) is 1. The van der Waals surface area contributed by atoms with Crippen LogP contribution in [0.3, 0.4) is 0 Å². The average Bonchev–Trinajstić information content (AvgIpc) is 1.85. The summed E-state index contributed by atoms with van der Waals surface area (Å²) in [6, 6.07) is 4.98. The highest BCUT2D eigenvalue weighted by Gasteiger charge is 2.04. The summed E-state index contributed by atoms with van der Waals surface area (Å²) in [5, 5.41) is 8.50. The average molecular weight is 149 g/mol. The Hall–Kier alpha value is -1.36. The van der Waals surface area contributed by atoms with Gasteiger partial charge in [0, 0.05) is 0 Å². The predicted octanol–water partition coefficient (Wildman–Crippen LogP) is 2.31. The second-order valence-corrected chi connectivity index (χ2v) is 2.55. The molecule has 0 heterocycles. The molecule has 1 rings (SSSR count). The van der Waals surface area contributed by atoms with Crippen molar-refractivity contribution in [3.8, 4) is 6.07 Å². The van der Waals surface area contributed by atoms with Crippen molar-refractivity contribution < 1.29 is 4.39 Å². The molecule has 0 aromatic heterocycles. The Morgan fingerprint density at radius 1 is 1.36 bits per heavy atom. The molecule has 0 spiro atoms. The van der Waals surface area contributed by atoms with Crippen LogP contribution in [-0.2, 0) is 0 Å². The highest BCUT2D eigenvalue weighted by Crippen LogP contribution is 2.13. The maximum Gasteiger partial charge on any atom is 0.141 e. The fourth-order valence-corrected chi connectivity index (χ4v) is 1.06. The van der Waals surface area contributed by atoms with Gasteiger partial charge in [0.15, 0.2) is 0 Å². The number of aryl methyl sites for hydroxylation is 2. The van der Waals surface area contributed by atoms with E-state index in [1.165, 1.54) is 6.07 Å². The fraction of sp³-hybridized carbons (Fsp3) is 0.222. The molecule has 2 heteroatoms. The molecule has 0 amide bonds. The van der Waals surface area contributed by atoms with Gasteiger partial charge in [-0.25, -0.2) is 4.39 Å². The first-order chi connectivity index (χ1) is 5.15. The van der Waals surface area contributed by atoms with E-state index >= 15 is 0 Å². The van der Waals surface area contributed by atoms with Crippen LogP contribution < -0.4 is 0 Å². The zero-order chi connectivity index (χ0) is 8.43. The molecule has 0 aliphatic carbocycles. The third kappa shape index (κ3) is 1.38. The van der Waals surface area contributed by atoms with E-state index in [1.54, 1.807) is 19.9 Å². The maximum absolute atomic E-state index is 12.9. The lowest BCUT2D eigenvalue weighted by Crippen LogP contribution is -1.89. The lowest BCUT2D eigenvalue weighted by molar-refractivity contribution is 0.621. The molecule has 56 valence electrons. The Bertz CT molecular complexity index is 300. The van der Waals surface area contributed by atoms with E-state index < -0.39 is 5.82 Å². The Morgan fingerprint density at radius 2 is 2.00 bits per heavy atom. The van der Waals surface area contributed by atoms with Crippen molar-refractivity contribution in [3.63, 3.8) is 0 Å². The monoisotopic (exact) mass is 149 g/mol. The third-order valence-corrected chi connectivity index (χ3v) is 1.54. The summed E-state index contributed by atoms with van der Waals surface area (Å²) in [6.07, 6.45) is 0. The van der Waals surface area contributed by atoms with Crippen molar-refractivity contribution in [1.29, 1.82) is 5.26 Å². The number of rotatable bonds is 0. The van der Waals surface area contributed by atoms with E-state index in [4.69, 9.17) is 5.26 Å². The molecule has 0 saturated heterocycles. The highest BCUT2D eigenvalue weighted by atomic mass is 19.1. The molecule has 0 bridgehead atoms. The molecule has 0 radical (unpaired) electrons. The summed E-state index contributed by atoms with van der Waals surface area (Å²) in [5.41, 5.74) is 1.69. The van der Waals surface area contributed by atoms with Crippen molar-refractivity contribution in [1.82, 2.24) is 0 Å². The number of nitriles is 1. The van der Waals surface area contributed by atoms with Gasteiger partial charge in [0.2, 0.25) is 0 Å². The van der Waals surface area contributed by atoms with Gasteiger partial charge in [-0.3, -0.25) is 0 Å². The summed E-state index contributed by atoms with van der Waals surface area (Å²) in [6.45, 7) is 3.53. The molecule has 11 heavy (non-hydrogen) atoms. The van der Waals surface area contributed by atoms with Crippen LogP contribution in [0.1, 0.15) is 16.7 Å². The summed E-state index contributed by atoms with van der Waals surface area (Å²) >= 11 is 0. The van der Waals surface area contributed by atoms with Gasteiger partial charge in [0.05, 0.1) is 5.56 Å². The van der Waals surface area contributed by atoms with Crippen LogP contribution >= 0.6 is 0 Å². The third-order valence-electron chi connectivity index (χ3n) is 1.54. The normalized spacial score (nSPS) is 9.27. The van der Waals surface area contributed by atoms with Gasteiger partial charge in [-0.2, -0.15) is 5.26 Å². The fourth-order valence-electron chi connectivity index (χ4n) is 1.06. The second kappa shape index (κ2) is 2.71. The number of hydrogen-bond acceptors (Lipinski definition) is 1. The molecule has 0 saturated carbocycles. The van der Waals surface area contributed by atoms with E-state index in [-0.39, 0.29) is 5.56 Å². The van der Waals surface area contributed by atoms with Gasteiger partial charge in [-0.05, 0) is 31.0 Å². The standard InChI is InChI=1S/C9H8FN/c1-6-3-7(2)8(5-11)9(10)4-6/h3-4H,1-2H3. The van der Waals surface area contributed by atoms with Gasteiger partial charge in [-0.1, -0.05) is 6.07 Å². The Balaban J connectivity index is 3.40. The van der Waals surface area contributed by atoms with Crippen LogP contribution in [0.4, 0.5) is 4.39 Å². The quantitative estimate of drug-likeness (QED) is 0.555. The molecular formula is C9H8FN. The Labute approximate surface area is 65.1 Å². The minimum absolute atomic E-state index is 0.149. The first-order valence-electron chi connectivity index (χ1n) is 3.32. The van der Waals surface area contributed by atoms with Crippen molar-refractivity contribution in [3.05, 3.63) is 34.6 Å². The minimum Gasteiger partial charge on any atom is -0.206 e. The lowest BCUT2D eigenvalue weighted by Gasteiger charge is -1.99. The van der Waals surface area contributed by atoms with Crippen LogP contribution in [0, 0.1) is 31.0 Å². The van der Waals surface area contributed by atoms with Crippen LogP contribution in [0.25, 0.3) is 0 Å². The summed E-state index contributed by atoms with van der Waals surface area (Å²) < 4.78 is 12.9. The van der Waals surface area contributed by atoms with E-state index in [0.29, 0.717) is 5.56 Å². The number of benzene rings is 1. The Kier molecular flexibility index (Phi) is 1.91. The zero-order valence-corrected chi connectivity index (χ0v) is 6.48. The van der Waals surface area contributed by atoms with Crippen molar-refractivity contribution >= 4 is 0 Å². The first kappa shape index (κ1) is 7.74. The van der Waals surface area contributed by atoms with Gasteiger partial charge < -0.3 is 0 Å². The van der Waals surface area contributed by atoms with Gasteiger partial charge in [-0.15, -0.1) is 0 Å². The maximum atomic E-state index is 12.9. The van der Waals surface area contributed by atoms with Crippen molar-refractivity contribution in [2.45, 2.75) is 13.8 Å². The minimum atomic E-state index is -0.426. The SMILES string of the molecule is Cc1cc(C)c(C#N)c(F)c1. The highest BCUT2D eigenvalue weighted by molar-refractivity contribution is 5.40. The number of halogens is 1. The van der Waals surface area contributed by atoms with E-state index in [1.807, 2.05) is 6.07 Å². The molecule has 0 fully saturated rings. The van der Waals surface area contributed by atoms with Gasteiger partial charge in [0.25, 0.3) is 0 Å². The van der Waals surface area contributed by atoms with Crippen LogP contribution in [-0.4, -0.2) is 0 Å². The van der Waals surface area contributed by atoms with Crippen molar-refractivity contribution in [2.24, 2.45) is 0 Å². The molecule has 0 N–H and O–H groups in total. The lowest BCUT2D eigenvalue weighted by atomic mass is 10.1. The van der Waals surface area contributed by atoms with Crippen LogP contribution in [0.15, 0.2) is 12.1 Å². The van der Waals surface area contributed by atoms with E-state index in [2.05, 4.69) is 0 Å². The molecule has 0 unspecified atom stereocenters. The molecular weight excluding hydrogens is 141 g/mol. The second-order valence-electron chi connectivity index (χ2n) is 2.55. The zero-order valence-electron chi connectivity index (χ0n) is 6.48. The smallest absolute Gasteiger partial charge is 0.141 e. The van der Waals surface area contributed by atoms with Gasteiger partial charge in [0.1, 0.15) is 11.9 Å². The topological polar surface area (TPSA) is 23.8 Å². The summed E-state index contributed by atoms with van der Waals surface area (Å²) in [4.78, 5) is 0. The van der Waals surface area contributed by atoms with Crippen molar-refractivity contribution in [2.75, 3.05) is 0 Å². The molecule has 1 aromatic carbocycles. The molecule has 0 atom stereocenters. The molecule has 0 aliphatic rings. The number of hydrogen-bond donors (Lipinski definition) is 0. The first-order valence-corrected chi connectivity index (χ1v) is 3.32. The van der Waals surface area contributed by atoms with Crippen LogP contribution in [0.2, 0.25) is 0 Å². The molecule has 1 aromatic rings. The van der Waals surface area contributed by atoms with E-state index in [9.17, 15) is 4.39 Å².